The fourth-order valence-electron chi connectivity index (χ4n) is 8.79. The van der Waals surface area contributed by atoms with Crippen molar-refractivity contribution in [2.75, 3.05) is 13.2 Å². The standard InChI is InChI=1S/C58H112O6/c1-7-54(6)46-40-34-28-22-18-19-25-31-37-43-49-58(61)64-55(51-63-57(60)48-42-36-30-24-17-13-12-15-21-27-33-39-45-53(4)5)50-62-56(59)47-41-35-29-23-16-11-9-8-10-14-20-26-32-38-44-52(2)3/h52-55H,7-51H2,1-6H3/t54?,55-/m1/s1. The summed E-state index contributed by atoms with van der Waals surface area (Å²) in [7, 11) is 0. The topological polar surface area (TPSA) is 78.9 Å². The predicted molar refractivity (Wildman–Crippen MR) is 275 cm³/mol. The average molecular weight is 906 g/mol. The molecule has 6 nitrogen and oxygen atoms in total. The van der Waals surface area contributed by atoms with Crippen molar-refractivity contribution in [3.05, 3.63) is 0 Å². The minimum absolute atomic E-state index is 0.0637. The van der Waals surface area contributed by atoms with Gasteiger partial charge >= 0.3 is 17.9 Å². The molecule has 0 amide bonds. The lowest BCUT2D eigenvalue weighted by atomic mass is 9.99. The van der Waals surface area contributed by atoms with E-state index in [0.29, 0.717) is 19.3 Å². The zero-order valence-electron chi connectivity index (χ0n) is 44.1. The fourth-order valence-corrected chi connectivity index (χ4v) is 8.79. The van der Waals surface area contributed by atoms with Gasteiger partial charge in [-0.3, -0.25) is 14.4 Å². The summed E-state index contributed by atoms with van der Waals surface area (Å²) in [6.07, 6.45) is 50.8. The van der Waals surface area contributed by atoms with Crippen LogP contribution in [0.3, 0.4) is 0 Å². The minimum atomic E-state index is -0.764. The normalized spacial score (nSPS) is 12.6. The van der Waals surface area contributed by atoms with E-state index in [0.717, 1.165) is 75.5 Å². The van der Waals surface area contributed by atoms with Crippen molar-refractivity contribution in [2.45, 2.75) is 324 Å². The molecule has 0 rings (SSSR count). The first kappa shape index (κ1) is 62.4. The van der Waals surface area contributed by atoms with E-state index >= 15 is 0 Å². The molecule has 0 aliphatic rings. The maximum atomic E-state index is 12.8. The van der Waals surface area contributed by atoms with Crippen LogP contribution in [0.5, 0.6) is 0 Å². The van der Waals surface area contributed by atoms with Gasteiger partial charge in [0.2, 0.25) is 0 Å². The van der Waals surface area contributed by atoms with Gasteiger partial charge in [-0.2, -0.15) is 0 Å². The highest BCUT2D eigenvalue weighted by molar-refractivity contribution is 5.71. The highest BCUT2D eigenvalue weighted by atomic mass is 16.6. The number of hydrogen-bond donors (Lipinski definition) is 0. The molecule has 1 unspecified atom stereocenters. The van der Waals surface area contributed by atoms with Crippen LogP contribution in [0.2, 0.25) is 0 Å². The fraction of sp³-hybridized carbons (Fsp3) is 0.948. The number of carbonyl (C=O) groups is 3. The molecule has 0 aliphatic carbocycles. The third kappa shape index (κ3) is 49.8. The third-order valence-electron chi connectivity index (χ3n) is 13.5. The maximum Gasteiger partial charge on any atom is 0.306 e. The van der Waals surface area contributed by atoms with Gasteiger partial charge in [-0.1, -0.05) is 279 Å². The number of carbonyl (C=O) groups excluding carboxylic acids is 3. The summed E-state index contributed by atoms with van der Waals surface area (Å²) < 4.78 is 16.9. The van der Waals surface area contributed by atoms with Crippen molar-refractivity contribution < 1.29 is 28.6 Å². The second-order valence-corrected chi connectivity index (χ2v) is 21.1. The van der Waals surface area contributed by atoms with Gasteiger partial charge in [-0.05, 0) is 37.0 Å². The molecule has 0 saturated heterocycles. The summed E-state index contributed by atoms with van der Waals surface area (Å²) in [5.74, 6) is 1.70. The molecule has 0 N–H and O–H groups in total. The van der Waals surface area contributed by atoms with Crippen molar-refractivity contribution in [1.29, 1.82) is 0 Å². The Hall–Kier alpha value is -1.59. The molecule has 0 aromatic carbocycles. The lowest BCUT2D eigenvalue weighted by Crippen LogP contribution is -2.30. The number of unbranched alkanes of at least 4 members (excludes halogenated alkanes) is 33. The zero-order valence-corrected chi connectivity index (χ0v) is 44.1. The van der Waals surface area contributed by atoms with Crippen molar-refractivity contribution in [3.8, 4) is 0 Å². The monoisotopic (exact) mass is 905 g/mol. The summed E-state index contributed by atoms with van der Waals surface area (Å²) in [6.45, 7) is 13.8. The van der Waals surface area contributed by atoms with Gasteiger partial charge < -0.3 is 14.2 Å². The van der Waals surface area contributed by atoms with Crippen molar-refractivity contribution >= 4 is 17.9 Å². The largest absolute Gasteiger partial charge is 0.462 e. The van der Waals surface area contributed by atoms with Crippen LogP contribution in [0.25, 0.3) is 0 Å². The minimum Gasteiger partial charge on any atom is -0.462 e. The maximum absolute atomic E-state index is 12.8. The van der Waals surface area contributed by atoms with Gasteiger partial charge in [0, 0.05) is 19.3 Å². The van der Waals surface area contributed by atoms with Crippen LogP contribution in [0.4, 0.5) is 0 Å². The molecule has 0 saturated carbocycles. The van der Waals surface area contributed by atoms with E-state index in [1.54, 1.807) is 0 Å². The van der Waals surface area contributed by atoms with Gasteiger partial charge in [-0.25, -0.2) is 0 Å². The van der Waals surface area contributed by atoms with E-state index in [-0.39, 0.29) is 31.1 Å². The predicted octanol–water partition coefficient (Wildman–Crippen LogP) is 18.7. The lowest BCUT2D eigenvalue weighted by molar-refractivity contribution is -0.167. The number of hydrogen-bond acceptors (Lipinski definition) is 6. The van der Waals surface area contributed by atoms with Crippen LogP contribution < -0.4 is 0 Å². The van der Waals surface area contributed by atoms with E-state index in [4.69, 9.17) is 14.2 Å². The molecular weight excluding hydrogens is 793 g/mol. The van der Waals surface area contributed by atoms with Gasteiger partial charge in [0.15, 0.2) is 6.10 Å². The van der Waals surface area contributed by atoms with Gasteiger partial charge in [0.25, 0.3) is 0 Å². The molecule has 6 heteroatoms. The summed E-state index contributed by atoms with van der Waals surface area (Å²) in [5.41, 5.74) is 0. The zero-order chi connectivity index (χ0) is 47.0. The second-order valence-electron chi connectivity index (χ2n) is 21.1. The van der Waals surface area contributed by atoms with E-state index in [1.165, 1.54) is 199 Å². The molecule has 0 aromatic heterocycles. The van der Waals surface area contributed by atoms with Crippen LogP contribution in [-0.2, 0) is 28.6 Å². The Morgan fingerprint density at radius 3 is 0.812 bits per heavy atom. The highest BCUT2D eigenvalue weighted by Crippen LogP contribution is 2.19. The Balaban J connectivity index is 4.31. The molecule has 0 aromatic rings. The number of ether oxygens (including phenoxy) is 3. The Kier molecular flexibility index (Phi) is 48.1. The molecule has 0 radical (unpaired) electrons. The molecule has 0 fully saturated rings. The summed E-state index contributed by atoms with van der Waals surface area (Å²) in [4.78, 5) is 38.1. The van der Waals surface area contributed by atoms with Crippen LogP contribution in [0.1, 0.15) is 318 Å². The van der Waals surface area contributed by atoms with Gasteiger partial charge in [0.05, 0.1) is 0 Å². The SMILES string of the molecule is CCC(C)CCCCCCCCCCCCC(=O)O[C@H](COC(=O)CCCCCCCCCCCCCCCCC(C)C)COC(=O)CCCCCCCCCCCCCCC(C)C. The molecular formula is C58H112O6. The summed E-state index contributed by atoms with van der Waals surface area (Å²) in [5, 5.41) is 0. The van der Waals surface area contributed by atoms with E-state index in [9.17, 15) is 14.4 Å². The summed E-state index contributed by atoms with van der Waals surface area (Å²) >= 11 is 0. The van der Waals surface area contributed by atoms with Crippen LogP contribution in [0, 0.1) is 17.8 Å². The lowest BCUT2D eigenvalue weighted by Gasteiger charge is -2.18. The van der Waals surface area contributed by atoms with Crippen molar-refractivity contribution in [2.24, 2.45) is 17.8 Å². The molecule has 2 atom stereocenters. The van der Waals surface area contributed by atoms with E-state index in [2.05, 4.69) is 41.5 Å². The molecule has 0 bridgehead atoms. The first-order valence-corrected chi connectivity index (χ1v) is 28.6. The number of esters is 3. The summed E-state index contributed by atoms with van der Waals surface area (Å²) in [6, 6.07) is 0. The van der Waals surface area contributed by atoms with Crippen molar-refractivity contribution in [3.63, 3.8) is 0 Å². The Labute approximate surface area is 399 Å². The first-order chi connectivity index (χ1) is 31.1. The number of rotatable bonds is 51. The van der Waals surface area contributed by atoms with E-state index < -0.39 is 6.10 Å². The third-order valence-corrected chi connectivity index (χ3v) is 13.5. The van der Waals surface area contributed by atoms with Gasteiger partial charge in [-0.15, -0.1) is 0 Å². The molecule has 0 aliphatic heterocycles. The Bertz CT molecular complexity index is 993. The van der Waals surface area contributed by atoms with Crippen LogP contribution >= 0.6 is 0 Å². The average Bonchev–Trinajstić information content (AvgIpc) is 3.27. The molecule has 380 valence electrons. The highest BCUT2D eigenvalue weighted by Gasteiger charge is 2.19. The molecule has 0 spiro atoms. The Morgan fingerprint density at radius 1 is 0.312 bits per heavy atom. The second kappa shape index (κ2) is 49.3. The van der Waals surface area contributed by atoms with E-state index in [1.807, 2.05) is 0 Å². The van der Waals surface area contributed by atoms with Crippen LogP contribution in [-0.4, -0.2) is 37.2 Å². The van der Waals surface area contributed by atoms with Crippen molar-refractivity contribution in [1.82, 2.24) is 0 Å². The smallest absolute Gasteiger partial charge is 0.306 e. The quantitative estimate of drug-likeness (QED) is 0.0344. The van der Waals surface area contributed by atoms with Crippen LogP contribution in [0.15, 0.2) is 0 Å². The Morgan fingerprint density at radius 2 is 0.547 bits per heavy atom. The molecule has 0 heterocycles. The van der Waals surface area contributed by atoms with Gasteiger partial charge in [0.1, 0.15) is 13.2 Å². The molecule has 64 heavy (non-hydrogen) atoms. The first-order valence-electron chi connectivity index (χ1n) is 28.6.